The molecule has 0 fully saturated rings. The van der Waals surface area contributed by atoms with Gasteiger partial charge in [-0.05, 0) is 79.9 Å². The van der Waals surface area contributed by atoms with Crippen molar-refractivity contribution in [1.29, 1.82) is 5.26 Å². The number of halogens is 6. The maximum absolute atomic E-state index is 15.7. The van der Waals surface area contributed by atoms with Gasteiger partial charge in [0.2, 0.25) is 6.33 Å². The summed E-state index contributed by atoms with van der Waals surface area (Å²) in [6.45, 7) is 5.06. The number of carbonyl (C=O) groups is 2. The summed E-state index contributed by atoms with van der Waals surface area (Å²) in [5.41, 5.74) is 6.49. The first-order chi connectivity index (χ1) is 25.6. The van der Waals surface area contributed by atoms with Gasteiger partial charge in [0.05, 0.1) is 28.9 Å². The minimum atomic E-state index is -5.45. The molecule has 5 aromatic rings. The molecule has 0 aliphatic carbocycles. The van der Waals surface area contributed by atoms with Gasteiger partial charge in [0.15, 0.2) is 5.60 Å². The molecule has 2 aromatic heterocycles. The molecule has 0 aliphatic rings. The smallest absolute Gasteiger partial charge is 0.490 e. The Balaban J connectivity index is 0.00000673. The SMILES string of the molecule is Cc1cc(C[n+]2cnn(CC(OC(=O)C(F)(F)F)(c3ccc(F)cc3F)C(C)Cc3nc(-c4ccc(C#N)cc4)cs3)c2)cc(C)c1OC(=O)CCCN.[Br-]. The number of aromatic nitrogens is 4. The predicted molar refractivity (Wildman–Crippen MR) is 187 cm³/mol. The maximum Gasteiger partial charge on any atom is 0.490 e. The standard InChI is InChI=1S/C38H36F5N6O4S.BrH/c1-23-13-27(14-24(2)35(23)52-34(50)5-4-12-44)18-48-21-46-49(22-48)20-37(53-36(51)38(41,42)43,30-11-10-29(39)16-31(30)40)25(3)15-33-47-32(19-54-33)28-8-6-26(17-45)7-9-28;/h6-11,13-14,16,19,21-22,25H,4-5,12,15,18,20,44H2,1-3H3;1H/q+1;/p-1. The molecule has 290 valence electrons. The zero-order valence-electron chi connectivity index (χ0n) is 29.9. The van der Waals surface area contributed by atoms with Crippen molar-refractivity contribution >= 4 is 23.3 Å². The van der Waals surface area contributed by atoms with Gasteiger partial charge in [-0.15, -0.1) is 16.0 Å². The molecule has 0 aliphatic heterocycles. The number of hydrogen-bond acceptors (Lipinski definition) is 9. The fourth-order valence-electron chi connectivity index (χ4n) is 6.11. The zero-order chi connectivity index (χ0) is 39.2. The summed E-state index contributed by atoms with van der Waals surface area (Å²) in [5, 5.41) is 15.6. The molecule has 17 heteroatoms. The lowest BCUT2D eigenvalue weighted by Crippen LogP contribution is -3.00. The average Bonchev–Trinajstić information content (AvgIpc) is 3.77. The Morgan fingerprint density at radius 2 is 1.76 bits per heavy atom. The van der Waals surface area contributed by atoms with Crippen LogP contribution in [-0.4, -0.2) is 39.4 Å². The van der Waals surface area contributed by atoms with E-state index in [-0.39, 0.29) is 36.4 Å². The van der Waals surface area contributed by atoms with E-state index in [1.807, 2.05) is 18.2 Å². The lowest BCUT2D eigenvalue weighted by Gasteiger charge is -2.37. The van der Waals surface area contributed by atoms with Crippen molar-refractivity contribution in [3.63, 3.8) is 0 Å². The Morgan fingerprint density at radius 1 is 1.07 bits per heavy atom. The summed E-state index contributed by atoms with van der Waals surface area (Å²) >= 11 is 1.19. The van der Waals surface area contributed by atoms with Crippen molar-refractivity contribution in [2.45, 2.75) is 64.9 Å². The Labute approximate surface area is 328 Å². The van der Waals surface area contributed by atoms with Crippen LogP contribution in [0.1, 0.15) is 52.6 Å². The second-order valence-corrected chi connectivity index (χ2v) is 13.8. The van der Waals surface area contributed by atoms with E-state index in [1.54, 1.807) is 48.1 Å². The molecule has 3 aromatic carbocycles. The monoisotopic (exact) mass is 846 g/mol. The summed E-state index contributed by atoms with van der Waals surface area (Å²) in [6, 6.07) is 14.6. The van der Waals surface area contributed by atoms with Crippen molar-refractivity contribution in [3.8, 4) is 23.1 Å². The van der Waals surface area contributed by atoms with Crippen LogP contribution in [0.4, 0.5) is 22.0 Å². The fourth-order valence-corrected chi connectivity index (χ4v) is 7.05. The summed E-state index contributed by atoms with van der Waals surface area (Å²) in [4.78, 5) is 29.5. The first kappa shape index (κ1) is 42.7. The van der Waals surface area contributed by atoms with Crippen LogP contribution in [0.3, 0.4) is 0 Å². The fraction of sp³-hybridized carbons (Fsp3) is 0.316. The number of rotatable bonds is 14. The molecule has 2 heterocycles. The number of carbonyl (C=O) groups excluding carboxylic acids is 2. The number of thiazole rings is 1. The maximum atomic E-state index is 15.7. The van der Waals surface area contributed by atoms with Crippen LogP contribution in [0.25, 0.3) is 11.3 Å². The Morgan fingerprint density at radius 3 is 2.38 bits per heavy atom. The number of nitrogens with two attached hydrogens (primary N) is 1. The number of nitrogens with zero attached hydrogens (tertiary/aromatic N) is 5. The van der Waals surface area contributed by atoms with Crippen LogP contribution < -0.4 is 32.0 Å². The Bertz CT molecular complexity index is 2160. The van der Waals surface area contributed by atoms with Gasteiger partial charge in [-0.1, -0.05) is 19.1 Å². The second kappa shape index (κ2) is 18.1. The van der Waals surface area contributed by atoms with E-state index in [0.29, 0.717) is 57.7 Å². The molecule has 0 bridgehead atoms. The van der Waals surface area contributed by atoms with Crippen molar-refractivity contribution in [3.05, 3.63) is 117 Å². The number of alkyl halides is 3. The van der Waals surface area contributed by atoms with Gasteiger partial charge in [-0.2, -0.15) is 18.4 Å². The van der Waals surface area contributed by atoms with E-state index in [9.17, 15) is 27.2 Å². The van der Waals surface area contributed by atoms with Crippen molar-refractivity contribution in [2.24, 2.45) is 11.7 Å². The highest BCUT2D eigenvalue weighted by molar-refractivity contribution is 7.09. The third-order valence-electron chi connectivity index (χ3n) is 8.74. The summed E-state index contributed by atoms with van der Waals surface area (Å²) in [7, 11) is 0. The van der Waals surface area contributed by atoms with E-state index in [2.05, 4.69) is 10.1 Å². The third-order valence-corrected chi connectivity index (χ3v) is 9.62. The average molecular weight is 848 g/mol. The second-order valence-electron chi connectivity index (χ2n) is 12.9. The number of benzene rings is 3. The summed E-state index contributed by atoms with van der Waals surface area (Å²) in [6.07, 6.45) is -2.00. The molecule has 0 amide bonds. The number of aryl methyl sites for hydroxylation is 2. The minimum Gasteiger partial charge on any atom is -1.00 e. The predicted octanol–water partition coefficient (Wildman–Crippen LogP) is 3.64. The summed E-state index contributed by atoms with van der Waals surface area (Å²) in [5.74, 6) is -5.82. The van der Waals surface area contributed by atoms with Crippen LogP contribution in [0.2, 0.25) is 0 Å². The molecule has 2 unspecified atom stereocenters. The van der Waals surface area contributed by atoms with Crippen LogP contribution >= 0.6 is 11.3 Å². The molecule has 0 saturated heterocycles. The molecule has 0 radical (unpaired) electrons. The van der Waals surface area contributed by atoms with E-state index in [1.165, 1.54) is 35.6 Å². The van der Waals surface area contributed by atoms with Gasteiger partial charge in [-0.25, -0.2) is 23.1 Å². The highest BCUT2D eigenvalue weighted by Gasteiger charge is 2.52. The molecular weight excluding hydrogens is 811 g/mol. The molecule has 2 atom stereocenters. The van der Waals surface area contributed by atoms with E-state index in [0.717, 1.165) is 17.7 Å². The van der Waals surface area contributed by atoms with Crippen LogP contribution in [0.5, 0.6) is 5.75 Å². The van der Waals surface area contributed by atoms with E-state index >= 15 is 4.39 Å². The first-order valence-electron chi connectivity index (χ1n) is 16.7. The molecular formula is C38H36BrF5N6O4S. The number of esters is 2. The number of nitriles is 1. The van der Waals surface area contributed by atoms with Crippen LogP contribution in [0, 0.1) is 42.7 Å². The molecule has 0 spiro atoms. The largest absolute Gasteiger partial charge is 1.00 e. The van der Waals surface area contributed by atoms with Gasteiger partial charge in [0.1, 0.15) is 23.9 Å². The van der Waals surface area contributed by atoms with Crippen LogP contribution in [0.15, 0.2) is 72.6 Å². The molecule has 2 N–H and O–H groups in total. The van der Waals surface area contributed by atoms with E-state index in [4.69, 9.17) is 20.5 Å². The van der Waals surface area contributed by atoms with Crippen molar-refractivity contribution < 1.29 is 62.6 Å². The van der Waals surface area contributed by atoms with Gasteiger partial charge >= 0.3 is 18.1 Å². The number of hydrogen-bond donors (Lipinski definition) is 1. The van der Waals surface area contributed by atoms with Crippen molar-refractivity contribution in [2.75, 3.05) is 6.54 Å². The van der Waals surface area contributed by atoms with Crippen LogP contribution in [-0.2, 0) is 39.4 Å². The molecule has 10 nitrogen and oxygen atoms in total. The summed E-state index contributed by atoms with van der Waals surface area (Å²) < 4.78 is 85.2. The molecule has 55 heavy (non-hydrogen) atoms. The van der Waals surface area contributed by atoms with Gasteiger partial charge < -0.3 is 32.2 Å². The lowest BCUT2D eigenvalue weighted by atomic mass is 9.79. The highest BCUT2D eigenvalue weighted by atomic mass is 79.9. The third kappa shape index (κ3) is 10.4. The Kier molecular flexibility index (Phi) is 14.0. The number of ether oxygens (including phenoxy) is 2. The quantitative estimate of drug-likeness (QED) is 0.0775. The normalized spacial score (nSPS) is 12.9. The van der Waals surface area contributed by atoms with Crippen molar-refractivity contribution in [1.82, 2.24) is 14.8 Å². The minimum absolute atomic E-state index is 0. The lowest BCUT2D eigenvalue weighted by molar-refractivity contribution is -0.689. The zero-order valence-corrected chi connectivity index (χ0v) is 32.3. The van der Waals surface area contributed by atoms with Gasteiger partial charge in [0, 0.05) is 46.4 Å². The first-order valence-corrected chi connectivity index (χ1v) is 17.6. The van der Waals surface area contributed by atoms with Gasteiger partial charge in [-0.3, -0.25) is 4.79 Å². The van der Waals surface area contributed by atoms with Gasteiger partial charge in [0.25, 0.3) is 6.33 Å². The Hall–Kier alpha value is -5.05. The molecule has 0 saturated carbocycles. The van der Waals surface area contributed by atoms with E-state index < -0.39 is 53.4 Å². The molecule has 5 rings (SSSR count). The highest BCUT2D eigenvalue weighted by Crippen LogP contribution is 2.41. The topological polar surface area (TPSA) is 137 Å².